The van der Waals surface area contributed by atoms with E-state index in [2.05, 4.69) is 0 Å². The van der Waals surface area contributed by atoms with Crippen LogP contribution in [0.15, 0.2) is 0 Å². The molecule has 21 heavy (non-hydrogen) atoms. The molecule has 0 saturated heterocycles. The van der Waals surface area contributed by atoms with Crippen molar-refractivity contribution in [2.24, 2.45) is 5.92 Å². The third-order valence-electron chi connectivity index (χ3n) is 3.11. The molecule has 0 amide bonds. The number of aliphatic hydroxyl groups is 1. The number of carbonyl (C=O) groups is 1. The average molecular weight is 305 g/mol. The molecular formula is C15H31NO5. The first-order chi connectivity index (χ1) is 9.90. The van der Waals surface area contributed by atoms with Crippen LogP contribution in [0, 0.1) is 5.92 Å². The number of rotatable bonds is 12. The maximum absolute atomic E-state index is 12.0. The molecule has 0 radical (unpaired) electrons. The van der Waals surface area contributed by atoms with Crippen molar-refractivity contribution in [3.8, 4) is 0 Å². The monoisotopic (exact) mass is 305 g/mol. The van der Waals surface area contributed by atoms with Gasteiger partial charge in [-0.2, -0.15) is 0 Å². The third-order valence-corrected chi connectivity index (χ3v) is 3.11. The molecule has 0 fully saturated rings. The van der Waals surface area contributed by atoms with Gasteiger partial charge in [-0.05, 0) is 27.9 Å². The molecule has 0 aromatic heterocycles. The first-order valence-electron chi connectivity index (χ1n) is 7.60. The van der Waals surface area contributed by atoms with Crippen molar-refractivity contribution in [2.45, 2.75) is 39.4 Å². The maximum Gasteiger partial charge on any atom is 0.308 e. The smallest absolute Gasteiger partial charge is 0.308 e. The van der Waals surface area contributed by atoms with E-state index in [1.807, 2.05) is 32.8 Å². The Hall–Kier alpha value is -0.690. The largest absolute Gasteiger partial charge is 0.464 e. The van der Waals surface area contributed by atoms with Crippen LogP contribution in [0.4, 0.5) is 0 Å². The molecule has 6 nitrogen and oxygen atoms in total. The number of aliphatic hydroxyl groups excluding tert-OH is 1. The second-order valence-electron chi connectivity index (χ2n) is 5.33. The quantitative estimate of drug-likeness (QED) is 0.432. The lowest BCUT2D eigenvalue weighted by Gasteiger charge is -2.34. The molecule has 1 N–H and O–H groups in total. The summed E-state index contributed by atoms with van der Waals surface area (Å²) in [6, 6.07) is 0. The highest BCUT2D eigenvalue weighted by atomic mass is 16.7. The van der Waals surface area contributed by atoms with E-state index in [1.165, 1.54) is 0 Å². The summed E-state index contributed by atoms with van der Waals surface area (Å²) in [6.07, 6.45) is 0.708. The van der Waals surface area contributed by atoms with E-state index >= 15 is 0 Å². The number of likely N-dealkylation sites (N-methyl/N-ethyl adjacent to an activating group) is 1. The van der Waals surface area contributed by atoms with E-state index in [0.717, 1.165) is 0 Å². The van der Waals surface area contributed by atoms with Gasteiger partial charge in [0, 0.05) is 39.2 Å². The van der Waals surface area contributed by atoms with Crippen LogP contribution in [0.5, 0.6) is 0 Å². The third kappa shape index (κ3) is 8.36. The molecule has 126 valence electrons. The standard InChI is InChI=1S/C15H31NO5/c1-6-20-15(8-10-17,21-7-2)12-13(3)14(18)19-11-9-16(4)5/h13,17H,6-12H2,1-5H3. The molecule has 0 heterocycles. The summed E-state index contributed by atoms with van der Waals surface area (Å²) in [5.41, 5.74) is 0. The topological polar surface area (TPSA) is 68.2 Å². The van der Waals surface area contributed by atoms with Gasteiger partial charge in [0.1, 0.15) is 6.61 Å². The van der Waals surface area contributed by atoms with Gasteiger partial charge in [0.25, 0.3) is 0 Å². The van der Waals surface area contributed by atoms with Gasteiger partial charge in [-0.3, -0.25) is 4.79 Å². The minimum absolute atomic E-state index is 0.0532. The average Bonchev–Trinajstić information content (AvgIpc) is 2.38. The minimum atomic E-state index is -0.918. The first kappa shape index (κ1) is 20.3. The highest BCUT2D eigenvalue weighted by molar-refractivity contribution is 5.72. The number of ether oxygens (including phenoxy) is 3. The molecule has 0 rings (SSSR count). The normalized spacial score (nSPS) is 13.5. The second kappa shape index (κ2) is 11.0. The number of esters is 1. The van der Waals surface area contributed by atoms with E-state index in [1.54, 1.807) is 6.92 Å². The molecule has 1 atom stereocenters. The lowest BCUT2D eigenvalue weighted by molar-refractivity contribution is -0.249. The molecule has 0 aliphatic heterocycles. The van der Waals surface area contributed by atoms with Crippen LogP contribution in [-0.2, 0) is 19.0 Å². The summed E-state index contributed by atoms with van der Waals surface area (Å²) in [5.74, 6) is -1.53. The van der Waals surface area contributed by atoms with Crippen LogP contribution in [0.3, 0.4) is 0 Å². The zero-order chi connectivity index (χ0) is 16.3. The predicted octanol–water partition coefficient (Wildman–Crippen LogP) is 1.27. The molecular weight excluding hydrogens is 274 g/mol. The summed E-state index contributed by atoms with van der Waals surface area (Å²) < 4.78 is 16.6. The van der Waals surface area contributed by atoms with Gasteiger partial charge in [0.05, 0.1) is 5.92 Å². The van der Waals surface area contributed by atoms with E-state index < -0.39 is 5.79 Å². The van der Waals surface area contributed by atoms with Crippen molar-refractivity contribution >= 4 is 5.97 Å². The summed E-state index contributed by atoms with van der Waals surface area (Å²) in [7, 11) is 3.85. The molecule has 0 bridgehead atoms. The van der Waals surface area contributed by atoms with E-state index in [4.69, 9.17) is 14.2 Å². The van der Waals surface area contributed by atoms with Crippen molar-refractivity contribution in [1.29, 1.82) is 0 Å². The van der Waals surface area contributed by atoms with Gasteiger partial charge in [0.2, 0.25) is 0 Å². The Labute approximate surface area is 128 Å². The Kier molecular flexibility index (Phi) is 10.6. The molecule has 1 unspecified atom stereocenters. The molecule has 6 heteroatoms. The Morgan fingerprint density at radius 2 is 1.81 bits per heavy atom. The van der Waals surface area contributed by atoms with Crippen LogP contribution < -0.4 is 0 Å². The van der Waals surface area contributed by atoms with Gasteiger partial charge in [-0.1, -0.05) is 6.92 Å². The van der Waals surface area contributed by atoms with Crippen molar-refractivity contribution in [1.82, 2.24) is 4.90 Å². The van der Waals surface area contributed by atoms with Gasteiger partial charge >= 0.3 is 5.97 Å². The zero-order valence-corrected chi connectivity index (χ0v) is 14.1. The van der Waals surface area contributed by atoms with Gasteiger partial charge in [0.15, 0.2) is 5.79 Å². The van der Waals surface area contributed by atoms with Crippen molar-refractivity contribution < 1.29 is 24.1 Å². The Balaban J connectivity index is 4.55. The van der Waals surface area contributed by atoms with Crippen LogP contribution in [0.25, 0.3) is 0 Å². The van der Waals surface area contributed by atoms with Crippen LogP contribution in [0.1, 0.15) is 33.6 Å². The molecule has 0 aromatic rings. The lowest BCUT2D eigenvalue weighted by atomic mass is 9.98. The predicted molar refractivity (Wildman–Crippen MR) is 81.0 cm³/mol. The first-order valence-corrected chi connectivity index (χ1v) is 7.60. The summed E-state index contributed by atoms with van der Waals surface area (Å²) >= 11 is 0. The van der Waals surface area contributed by atoms with Crippen molar-refractivity contribution in [2.75, 3.05) is 47.1 Å². The van der Waals surface area contributed by atoms with Crippen LogP contribution >= 0.6 is 0 Å². The highest BCUT2D eigenvalue weighted by Gasteiger charge is 2.35. The van der Waals surface area contributed by atoms with Crippen LogP contribution in [-0.4, -0.2) is 68.8 Å². The fraction of sp³-hybridized carbons (Fsp3) is 0.933. The van der Waals surface area contributed by atoms with Crippen molar-refractivity contribution in [3.63, 3.8) is 0 Å². The van der Waals surface area contributed by atoms with Gasteiger partial charge in [-0.15, -0.1) is 0 Å². The van der Waals surface area contributed by atoms with E-state index in [-0.39, 0.29) is 18.5 Å². The number of carbonyl (C=O) groups excluding carboxylic acids is 1. The fourth-order valence-corrected chi connectivity index (χ4v) is 2.12. The zero-order valence-electron chi connectivity index (χ0n) is 14.1. The SMILES string of the molecule is CCOC(CCO)(CC(C)C(=O)OCCN(C)C)OCC. The number of nitrogens with zero attached hydrogens (tertiary/aromatic N) is 1. The lowest BCUT2D eigenvalue weighted by Crippen LogP contribution is -2.40. The van der Waals surface area contributed by atoms with E-state index in [0.29, 0.717) is 39.2 Å². The van der Waals surface area contributed by atoms with Crippen LogP contribution in [0.2, 0.25) is 0 Å². The number of hydrogen-bond donors (Lipinski definition) is 1. The Morgan fingerprint density at radius 1 is 1.24 bits per heavy atom. The Bertz CT molecular complexity index is 266. The summed E-state index contributed by atoms with van der Waals surface area (Å²) in [4.78, 5) is 14.0. The molecule has 0 aliphatic carbocycles. The van der Waals surface area contributed by atoms with E-state index in [9.17, 15) is 9.90 Å². The highest BCUT2D eigenvalue weighted by Crippen LogP contribution is 2.27. The van der Waals surface area contributed by atoms with Gasteiger partial charge < -0.3 is 24.2 Å². The summed E-state index contributed by atoms with van der Waals surface area (Å²) in [6.45, 7) is 7.45. The molecule has 0 saturated carbocycles. The molecule has 0 spiro atoms. The second-order valence-corrected chi connectivity index (χ2v) is 5.33. The molecule has 0 aromatic carbocycles. The fourth-order valence-electron chi connectivity index (χ4n) is 2.12. The number of hydrogen-bond acceptors (Lipinski definition) is 6. The Morgan fingerprint density at radius 3 is 2.24 bits per heavy atom. The molecule has 0 aliphatic rings. The van der Waals surface area contributed by atoms with Crippen molar-refractivity contribution in [3.05, 3.63) is 0 Å². The summed E-state index contributed by atoms with van der Waals surface area (Å²) in [5, 5.41) is 9.23. The maximum atomic E-state index is 12.0. The minimum Gasteiger partial charge on any atom is -0.464 e. The van der Waals surface area contributed by atoms with Gasteiger partial charge in [-0.25, -0.2) is 0 Å².